The van der Waals surface area contributed by atoms with Gasteiger partial charge < -0.3 is 9.64 Å². The average Bonchev–Trinajstić information content (AvgIpc) is 3.04. The first-order chi connectivity index (χ1) is 14.0. The van der Waals surface area contributed by atoms with Gasteiger partial charge in [-0.2, -0.15) is 5.10 Å². The largest absolute Gasteiger partial charge is 0.370 e. The van der Waals surface area contributed by atoms with Crippen LogP contribution in [0.5, 0.6) is 0 Å². The molecular formula is C23H24FN3O2. The number of fused-ring (bicyclic) bond motifs is 1. The fourth-order valence-corrected chi connectivity index (χ4v) is 3.76. The van der Waals surface area contributed by atoms with Crippen LogP contribution in [0.2, 0.25) is 0 Å². The summed E-state index contributed by atoms with van der Waals surface area (Å²) in [4.78, 5) is 14.6. The van der Waals surface area contributed by atoms with Crippen molar-refractivity contribution in [2.75, 3.05) is 6.54 Å². The normalized spacial score (nSPS) is 13.4. The van der Waals surface area contributed by atoms with Crippen molar-refractivity contribution < 1.29 is 13.9 Å². The van der Waals surface area contributed by atoms with Crippen molar-refractivity contribution in [1.29, 1.82) is 0 Å². The van der Waals surface area contributed by atoms with Gasteiger partial charge in [0, 0.05) is 43.4 Å². The molecule has 0 saturated carbocycles. The van der Waals surface area contributed by atoms with E-state index in [-0.39, 0.29) is 11.7 Å². The molecule has 0 fully saturated rings. The van der Waals surface area contributed by atoms with E-state index >= 15 is 0 Å². The lowest BCUT2D eigenvalue weighted by atomic mass is 10.0. The summed E-state index contributed by atoms with van der Waals surface area (Å²) in [6.45, 7) is 4.10. The van der Waals surface area contributed by atoms with Gasteiger partial charge in [-0.25, -0.2) is 4.39 Å². The monoisotopic (exact) mass is 393 g/mol. The fraction of sp³-hybridized carbons (Fsp3) is 0.304. The number of halogens is 1. The molecule has 0 saturated heterocycles. The molecule has 0 bridgehead atoms. The van der Waals surface area contributed by atoms with Crippen LogP contribution in [0.1, 0.15) is 38.4 Å². The zero-order chi connectivity index (χ0) is 20.4. The van der Waals surface area contributed by atoms with E-state index in [1.54, 1.807) is 4.90 Å². The van der Waals surface area contributed by atoms with Crippen molar-refractivity contribution in [2.45, 2.75) is 33.1 Å². The Kier molecular flexibility index (Phi) is 5.45. The minimum absolute atomic E-state index is 0.0914. The third-order valence-electron chi connectivity index (χ3n) is 5.46. The highest BCUT2D eigenvalue weighted by Gasteiger charge is 2.27. The number of aryl methyl sites for hydroxylation is 2. The second-order valence-electron chi connectivity index (χ2n) is 7.40. The summed E-state index contributed by atoms with van der Waals surface area (Å²) in [7, 11) is 1.93. The quantitative estimate of drug-likeness (QED) is 0.663. The molecule has 150 valence electrons. The van der Waals surface area contributed by atoms with Gasteiger partial charge in [-0.3, -0.25) is 9.48 Å². The van der Waals surface area contributed by atoms with Gasteiger partial charge in [-0.15, -0.1) is 0 Å². The summed E-state index contributed by atoms with van der Waals surface area (Å²) in [5, 5.41) is 4.63. The van der Waals surface area contributed by atoms with E-state index in [1.807, 2.05) is 23.9 Å². The van der Waals surface area contributed by atoms with Crippen LogP contribution in [-0.2, 0) is 38.0 Å². The number of carbonyl (C=O) groups is 1. The lowest BCUT2D eigenvalue weighted by molar-refractivity contribution is 0.0728. The van der Waals surface area contributed by atoms with Crippen LogP contribution in [0.15, 0.2) is 48.5 Å². The number of ether oxygens (including phenoxy) is 1. The lowest BCUT2D eigenvalue weighted by Gasteiger charge is -2.28. The van der Waals surface area contributed by atoms with Crippen LogP contribution >= 0.6 is 0 Å². The molecule has 0 atom stereocenters. The molecular weight excluding hydrogens is 369 g/mol. The minimum Gasteiger partial charge on any atom is -0.370 e. The van der Waals surface area contributed by atoms with Crippen LogP contribution in [0.3, 0.4) is 0 Å². The predicted octanol–water partition coefficient (Wildman–Crippen LogP) is 3.78. The zero-order valence-electron chi connectivity index (χ0n) is 16.7. The van der Waals surface area contributed by atoms with Gasteiger partial charge in [0.15, 0.2) is 0 Å². The molecule has 4 rings (SSSR count). The predicted molar refractivity (Wildman–Crippen MR) is 108 cm³/mol. The molecule has 0 N–H and O–H groups in total. The number of hydrogen-bond acceptors (Lipinski definition) is 3. The highest BCUT2D eigenvalue weighted by atomic mass is 19.1. The highest BCUT2D eigenvalue weighted by molar-refractivity contribution is 5.94. The third-order valence-corrected chi connectivity index (χ3v) is 5.46. The number of rotatable bonds is 5. The van der Waals surface area contributed by atoms with E-state index in [9.17, 15) is 9.18 Å². The summed E-state index contributed by atoms with van der Waals surface area (Å²) in [5.74, 6) is -0.436. The van der Waals surface area contributed by atoms with E-state index in [0.717, 1.165) is 28.9 Å². The molecule has 0 unspecified atom stereocenters. The molecule has 1 aliphatic rings. The second kappa shape index (κ2) is 8.17. The standard InChI is InChI=1S/C23H24FN3O2/c1-16-5-3-4-6-18(16)14-29-15-21-20-13-27(12-11-22(20)26(2)25-21)23(28)17-7-9-19(24)10-8-17/h3-10H,11-15H2,1-2H3. The topological polar surface area (TPSA) is 47.4 Å². The molecule has 5 nitrogen and oxygen atoms in total. The summed E-state index contributed by atoms with van der Waals surface area (Å²) in [5.41, 5.74) is 5.92. The van der Waals surface area contributed by atoms with Gasteiger partial charge in [-0.05, 0) is 42.3 Å². The molecule has 29 heavy (non-hydrogen) atoms. The van der Waals surface area contributed by atoms with E-state index in [1.165, 1.54) is 29.8 Å². The number of nitrogens with zero attached hydrogens (tertiary/aromatic N) is 3. The minimum atomic E-state index is -0.345. The molecule has 3 aromatic rings. The summed E-state index contributed by atoms with van der Waals surface area (Å²) >= 11 is 0. The maximum Gasteiger partial charge on any atom is 0.254 e. The van der Waals surface area contributed by atoms with Crippen molar-refractivity contribution in [3.8, 4) is 0 Å². The Morgan fingerprint density at radius 2 is 1.90 bits per heavy atom. The summed E-state index contributed by atoms with van der Waals surface area (Å²) in [6, 6.07) is 13.8. The fourth-order valence-electron chi connectivity index (χ4n) is 3.76. The van der Waals surface area contributed by atoms with Crippen LogP contribution in [-0.4, -0.2) is 27.1 Å². The van der Waals surface area contributed by atoms with Crippen molar-refractivity contribution >= 4 is 5.91 Å². The maximum absolute atomic E-state index is 13.2. The van der Waals surface area contributed by atoms with E-state index in [0.29, 0.717) is 31.9 Å². The molecule has 0 spiro atoms. The third kappa shape index (κ3) is 4.07. The Morgan fingerprint density at radius 3 is 2.66 bits per heavy atom. The molecule has 1 amide bonds. The number of amides is 1. The number of carbonyl (C=O) groups excluding carboxylic acids is 1. The zero-order valence-corrected chi connectivity index (χ0v) is 16.7. The second-order valence-corrected chi connectivity index (χ2v) is 7.40. The Balaban J connectivity index is 1.46. The first kappa shape index (κ1) is 19.3. The molecule has 0 aliphatic carbocycles. The van der Waals surface area contributed by atoms with Crippen molar-refractivity contribution in [1.82, 2.24) is 14.7 Å². The summed E-state index contributed by atoms with van der Waals surface area (Å²) in [6.07, 6.45) is 0.740. The van der Waals surface area contributed by atoms with Crippen LogP contribution in [0.25, 0.3) is 0 Å². The lowest BCUT2D eigenvalue weighted by Crippen LogP contribution is -2.36. The smallest absolute Gasteiger partial charge is 0.254 e. The van der Waals surface area contributed by atoms with Gasteiger partial charge in [-0.1, -0.05) is 24.3 Å². The first-order valence-corrected chi connectivity index (χ1v) is 9.73. The molecule has 6 heteroatoms. The number of hydrogen-bond donors (Lipinski definition) is 0. The molecule has 1 aromatic heterocycles. The Labute approximate surface area is 169 Å². The Hall–Kier alpha value is -2.99. The molecule has 0 radical (unpaired) electrons. The molecule has 1 aliphatic heterocycles. The van der Waals surface area contributed by atoms with E-state index in [2.05, 4.69) is 24.2 Å². The highest BCUT2D eigenvalue weighted by Crippen LogP contribution is 2.24. The van der Waals surface area contributed by atoms with Gasteiger partial charge in [0.2, 0.25) is 0 Å². The van der Waals surface area contributed by atoms with Crippen LogP contribution in [0, 0.1) is 12.7 Å². The summed E-state index contributed by atoms with van der Waals surface area (Å²) < 4.78 is 21.0. The SMILES string of the molecule is Cc1ccccc1COCc1nn(C)c2c1CN(C(=O)c1ccc(F)cc1)CC2. The molecule has 2 aromatic carbocycles. The Bertz CT molecular complexity index is 1030. The van der Waals surface area contributed by atoms with Gasteiger partial charge in [0.05, 0.1) is 18.9 Å². The van der Waals surface area contributed by atoms with Crippen molar-refractivity contribution in [3.05, 3.63) is 88.0 Å². The van der Waals surface area contributed by atoms with Crippen molar-refractivity contribution in [2.24, 2.45) is 7.05 Å². The number of benzene rings is 2. The van der Waals surface area contributed by atoms with Crippen LogP contribution in [0.4, 0.5) is 4.39 Å². The Morgan fingerprint density at radius 1 is 1.14 bits per heavy atom. The maximum atomic E-state index is 13.2. The van der Waals surface area contributed by atoms with Gasteiger partial charge >= 0.3 is 0 Å². The van der Waals surface area contributed by atoms with Gasteiger partial charge in [0.25, 0.3) is 5.91 Å². The van der Waals surface area contributed by atoms with Crippen LogP contribution < -0.4 is 0 Å². The van der Waals surface area contributed by atoms with Gasteiger partial charge in [0.1, 0.15) is 5.82 Å². The molecule has 2 heterocycles. The van der Waals surface area contributed by atoms with Crippen molar-refractivity contribution in [3.63, 3.8) is 0 Å². The number of aromatic nitrogens is 2. The van der Waals surface area contributed by atoms with E-state index in [4.69, 9.17) is 4.74 Å². The van der Waals surface area contributed by atoms with E-state index < -0.39 is 0 Å². The first-order valence-electron chi connectivity index (χ1n) is 9.73. The average molecular weight is 393 g/mol.